The van der Waals surface area contributed by atoms with Crippen molar-refractivity contribution in [3.8, 4) is 5.75 Å². The van der Waals surface area contributed by atoms with Crippen molar-refractivity contribution in [2.45, 2.75) is 13.0 Å². The molecule has 3 aromatic rings. The zero-order valence-electron chi connectivity index (χ0n) is 12.3. The molecule has 0 aliphatic heterocycles. The number of aromatic amines is 1. The SMILES string of the molecule is O=C(O)Cc1cc(=O)c2cc(OCc3ccccc3)ccc2[nH]1. The molecule has 0 bridgehead atoms. The van der Waals surface area contributed by atoms with Crippen LogP contribution >= 0.6 is 0 Å². The van der Waals surface area contributed by atoms with Gasteiger partial charge in [0.1, 0.15) is 12.4 Å². The first-order chi connectivity index (χ1) is 11.1. The van der Waals surface area contributed by atoms with Crippen LogP contribution in [-0.2, 0) is 17.8 Å². The van der Waals surface area contributed by atoms with Gasteiger partial charge in [0.25, 0.3) is 0 Å². The highest BCUT2D eigenvalue weighted by Gasteiger charge is 2.07. The third kappa shape index (κ3) is 3.58. The third-order valence-corrected chi connectivity index (χ3v) is 3.45. The maximum absolute atomic E-state index is 12.1. The van der Waals surface area contributed by atoms with Gasteiger partial charge in [-0.3, -0.25) is 9.59 Å². The number of carboxylic acid groups (broad SMARTS) is 1. The highest BCUT2D eigenvalue weighted by Crippen LogP contribution is 2.18. The molecule has 23 heavy (non-hydrogen) atoms. The van der Waals surface area contributed by atoms with Gasteiger partial charge in [-0.2, -0.15) is 0 Å². The first-order valence-electron chi connectivity index (χ1n) is 7.16. The molecule has 0 spiro atoms. The summed E-state index contributed by atoms with van der Waals surface area (Å²) in [6.45, 7) is 0.418. The van der Waals surface area contributed by atoms with E-state index in [1.54, 1.807) is 18.2 Å². The predicted molar refractivity (Wildman–Crippen MR) is 86.7 cm³/mol. The summed E-state index contributed by atoms with van der Waals surface area (Å²) in [5.41, 5.74) is 1.80. The molecule has 1 heterocycles. The van der Waals surface area contributed by atoms with Crippen LogP contribution in [0, 0.1) is 0 Å². The number of rotatable bonds is 5. The van der Waals surface area contributed by atoms with Gasteiger partial charge in [-0.05, 0) is 23.8 Å². The highest BCUT2D eigenvalue weighted by atomic mass is 16.5. The average molecular weight is 309 g/mol. The smallest absolute Gasteiger partial charge is 0.309 e. The van der Waals surface area contributed by atoms with Gasteiger partial charge in [0.15, 0.2) is 5.43 Å². The van der Waals surface area contributed by atoms with Crippen LogP contribution in [0.5, 0.6) is 5.75 Å². The summed E-state index contributed by atoms with van der Waals surface area (Å²) in [4.78, 5) is 25.9. The standard InChI is InChI=1S/C18H15NO4/c20-17-8-13(9-18(21)22)19-16-7-6-14(10-15(16)17)23-11-12-4-2-1-3-5-12/h1-8,10H,9,11H2,(H,19,20)(H,21,22). The minimum atomic E-state index is -0.984. The number of hydrogen-bond acceptors (Lipinski definition) is 3. The number of nitrogens with one attached hydrogen (secondary N) is 1. The number of carboxylic acids is 1. The van der Waals surface area contributed by atoms with E-state index >= 15 is 0 Å². The van der Waals surface area contributed by atoms with Crippen molar-refractivity contribution in [1.29, 1.82) is 0 Å². The first kappa shape index (κ1) is 14.8. The van der Waals surface area contributed by atoms with E-state index < -0.39 is 5.97 Å². The molecule has 2 aromatic carbocycles. The third-order valence-electron chi connectivity index (χ3n) is 3.45. The average Bonchev–Trinajstić information content (AvgIpc) is 2.53. The Labute approximate surface area is 132 Å². The second-order valence-electron chi connectivity index (χ2n) is 5.21. The van der Waals surface area contributed by atoms with E-state index in [1.165, 1.54) is 6.07 Å². The largest absolute Gasteiger partial charge is 0.489 e. The van der Waals surface area contributed by atoms with Crippen molar-refractivity contribution in [2.24, 2.45) is 0 Å². The maximum Gasteiger partial charge on any atom is 0.309 e. The molecule has 0 atom stereocenters. The van der Waals surface area contributed by atoms with Crippen LogP contribution in [0.1, 0.15) is 11.3 Å². The second kappa shape index (κ2) is 6.36. The molecule has 116 valence electrons. The summed E-state index contributed by atoms with van der Waals surface area (Å²) in [6, 6.07) is 16.2. The molecule has 0 fully saturated rings. The Balaban J connectivity index is 1.85. The Bertz CT molecular complexity index is 900. The van der Waals surface area contributed by atoms with E-state index in [-0.39, 0.29) is 11.8 Å². The fourth-order valence-electron chi connectivity index (χ4n) is 2.37. The molecule has 0 radical (unpaired) electrons. The van der Waals surface area contributed by atoms with E-state index in [2.05, 4.69) is 4.98 Å². The van der Waals surface area contributed by atoms with Gasteiger partial charge in [-0.25, -0.2) is 0 Å². The van der Waals surface area contributed by atoms with Crippen LogP contribution < -0.4 is 10.2 Å². The molecular formula is C18H15NO4. The van der Waals surface area contributed by atoms with Crippen molar-refractivity contribution in [3.05, 3.63) is 76.1 Å². The molecule has 5 heteroatoms. The summed E-state index contributed by atoms with van der Waals surface area (Å²) in [5, 5.41) is 9.29. The fraction of sp³-hybridized carbons (Fsp3) is 0.111. The molecule has 0 unspecified atom stereocenters. The van der Waals surface area contributed by atoms with Gasteiger partial charge < -0.3 is 14.8 Å². The van der Waals surface area contributed by atoms with Gasteiger partial charge >= 0.3 is 5.97 Å². The Morgan fingerprint density at radius 2 is 1.87 bits per heavy atom. The number of carbonyl (C=O) groups is 1. The van der Waals surface area contributed by atoms with Crippen LogP contribution in [0.15, 0.2) is 59.4 Å². The van der Waals surface area contributed by atoms with E-state index in [4.69, 9.17) is 9.84 Å². The van der Waals surface area contributed by atoms with Crippen LogP contribution in [0.25, 0.3) is 10.9 Å². The minimum Gasteiger partial charge on any atom is -0.489 e. The highest BCUT2D eigenvalue weighted by molar-refractivity contribution is 5.81. The van der Waals surface area contributed by atoms with Crippen molar-refractivity contribution >= 4 is 16.9 Å². The quantitative estimate of drug-likeness (QED) is 0.759. The molecule has 0 amide bonds. The number of aromatic nitrogens is 1. The van der Waals surface area contributed by atoms with Crippen molar-refractivity contribution in [3.63, 3.8) is 0 Å². The Hall–Kier alpha value is -3.08. The van der Waals surface area contributed by atoms with E-state index in [9.17, 15) is 9.59 Å². The lowest BCUT2D eigenvalue weighted by atomic mass is 10.1. The van der Waals surface area contributed by atoms with Crippen LogP contribution in [-0.4, -0.2) is 16.1 Å². The van der Waals surface area contributed by atoms with Crippen LogP contribution in [0.4, 0.5) is 0 Å². The zero-order chi connectivity index (χ0) is 16.2. The van der Waals surface area contributed by atoms with Crippen molar-refractivity contribution < 1.29 is 14.6 Å². The zero-order valence-corrected chi connectivity index (χ0v) is 12.3. The van der Waals surface area contributed by atoms with E-state index in [1.807, 2.05) is 30.3 Å². The van der Waals surface area contributed by atoms with Crippen molar-refractivity contribution in [2.75, 3.05) is 0 Å². The van der Waals surface area contributed by atoms with Gasteiger partial charge in [-0.15, -0.1) is 0 Å². The number of H-pyrrole nitrogens is 1. The molecule has 0 aliphatic carbocycles. The van der Waals surface area contributed by atoms with E-state index in [0.29, 0.717) is 29.0 Å². The lowest BCUT2D eigenvalue weighted by Crippen LogP contribution is -2.09. The number of hydrogen-bond donors (Lipinski definition) is 2. The molecule has 1 aromatic heterocycles. The molecule has 0 saturated carbocycles. The van der Waals surface area contributed by atoms with E-state index in [0.717, 1.165) is 5.56 Å². The van der Waals surface area contributed by atoms with Gasteiger partial charge in [0, 0.05) is 22.7 Å². The Kier molecular flexibility index (Phi) is 4.10. The maximum atomic E-state index is 12.1. The number of fused-ring (bicyclic) bond motifs is 1. The Morgan fingerprint density at radius 3 is 2.61 bits per heavy atom. The summed E-state index contributed by atoms with van der Waals surface area (Å²) in [6.07, 6.45) is -0.211. The summed E-state index contributed by atoms with van der Waals surface area (Å²) in [5.74, 6) is -0.388. The van der Waals surface area contributed by atoms with Gasteiger partial charge in [-0.1, -0.05) is 30.3 Å². The molecule has 5 nitrogen and oxygen atoms in total. The van der Waals surface area contributed by atoms with Crippen molar-refractivity contribution in [1.82, 2.24) is 4.98 Å². The minimum absolute atomic E-state index is 0.211. The van der Waals surface area contributed by atoms with Gasteiger partial charge in [0.05, 0.1) is 6.42 Å². The number of ether oxygens (including phenoxy) is 1. The molecule has 2 N–H and O–H groups in total. The summed E-state index contributed by atoms with van der Waals surface area (Å²) < 4.78 is 5.70. The monoisotopic (exact) mass is 309 g/mol. The lowest BCUT2D eigenvalue weighted by molar-refractivity contribution is -0.136. The molecule has 0 saturated heterocycles. The van der Waals surface area contributed by atoms with Gasteiger partial charge in [0.2, 0.25) is 0 Å². The number of benzene rings is 2. The lowest BCUT2D eigenvalue weighted by Gasteiger charge is -2.08. The summed E-state index contributed by atoms with van der Waals surface area (Å²) >= 11 is 0. The fourth-order valence-corrected chi connectivity index (χ4v) is 2.37. The number of pyridine rings is 1. The Morgan fingerprint density at radius 1 is 1.09 bits per heavy atom. The van der Waals surface area contributed by atoms with Crippen LogP contribution in [0.3, 0.4) is 0 Å². The molecule has 3 rings (SSSR count). The summed E-state index contributed by atoms with van der Waals surface area (Å²) in [7, 11) is 0. The molecular weight excluding hydrogens is 294 g/mol. The molecule has 0 aliphatic rings. The topological polar surface area (TPSA) is 79.4 Å². The first-order valence-corrected chi connectivity index (χ1v) is 7.16. The normalized spacial score (nSPS) is 10.6. The van der Waals surface area contributed by atoms with Crippen LogP contribution in [0.2, 0.25) is 0 Å². The second-order valence-corrected chi connectivity index (χ2v) is 5.21. The predicted octanol–water partition coefficient (Wildman–Crippen LogP) is 2.73. The number of aliphatic carboxylic acids is 1.